The quantitative estimate of drug-likeness (QED) is 0.523. The molecule has 0 spiro atoms. The van der Waals surface area contributed by atoms with Gasteiger partial charge in [-0.1, -0.05) is 30.8 Å². The molecule has 26 heavy (non-hydrogen) atoms. The van der Waals surface area contributed by atoms with Crippen molar-refractivity contribution in [3.8, 4) is 0 Å². The smallest absolute Gasteiger partial charge is 0.235 e. The number of aromatic nitrogens is 4. The largest absolute Gasteiger partial charge is 0.342 e. The number of para-hydroxylation sites is 1. The first kappa shape index (κ1) is 17.3. The van der Waals surface area contributed by atoms with Gasteiger partial charge >= 0.3 is 0 Å². The summed E-state index contributed by atoms with van der Waals surface area (Å²) in [5.74, 6) is 1.60. The van der Waals surface area contributed by atoms with Crippen LogP contribution in [0.2, 0.25) is 0 Å². The lowest BCUT2D eigenvalue weighted by atomic mass is 9.99. The number of carbonyl (C=O) groups excluding carboxylic acids is 1. The lowest BCUT2D eigenvalue weighted by Crippen LogP contribution is -2.41. The van der Waals surface area contributed by atoms with Crippen molar-refractivity contribution in [2.45, 2.75) is 44.0 Å². The Morgan fingerprint density at radius 1 is 1.23 bits per heavy atom. The number of thioether (sulfide) groups is 1. The van der Waals surface area contributed by atoms with Gasteiger partial charge in [0.15, 0.2) is 10.8 Å². The van der Waals surface area contributed by atoms with Crippen LogP contribution < -0.4 is 0 Å². The molecule has 1 atom stereocenters. The van der Waals surface area contributed by atoms with Gasteiger partial charge in [-0.15, -0.1) is 5.10 Å². The molecule has 0 unspecified atom stereocenters. The normalized spacial score (nSPS) is 17.1. The Kier molecular flexibility index (Phi) is 4.56. The van der Waals surface area contributed by atoms with Crippen LogP contribution in [0.5, 0.6) is 0 Å². The van der Waals surface area contributed by atoms with E-state index in [2.05, 4.69) is 17.0 Å². The highest BCUT2D eigenvalue weighted by Gasteiger charge is 2.26. The number of benzene rings is 1. The lowest BCUT2D eigenvalue weighted by Gasteiger charge is -2.31. The molecule has 1 amide bonds. The molecule has 4 rings (SSSR count). The van der Waals surface area contributed by atoms with Crippen LogP contribution in [0.4, 0.5) is 0 Å². The van der Waals surface area contributed by atoms with Gasteiger partial charge in [0.25, 0.3) is 0 Å². The number of fused-ring (bicyclic) bond motifs is 3. The molecule has 3 heterocycles. The Morgan fingerprint density at radius 2 is 1.96 bits per heavy atom. The monoisotopic (exact) mass is 369 g/mol. The molecule has 1 aliphatic rings. The van der Waals surface area contributed by atoms with E-state index >= 15 is 0 Å². The van der Waals surface area contributed by atoms with Crippen molar-refractivity contribution in [1.29, 1.82) is 0 Å². The fourth-order valence-corrected chi connectivity index (χ4v) is 4.35. The van der Waals surface area contributed by atoms with Crippen LogP contribution in [0.1, 0.15) is 32.5 Å². The molecule has 1 aliphatic heterocycles. The maximum Gasteiger partial charge on any atom is 0.235 e. The van der Waals surface area contributed by atoms with Gasteiger partial charge in [-0.2, -0.15) is 4.52 Å². The fourth-order valence-electron chi connectivity index (χ4n) is 3.40. The number of piperidine rings is 1. The topological polar surface area (TPSA) is 63.4 Å². The summed E-state index contributed by atoms with van der Waals surface area (Å²) in [4.78, 5) is 24.1. The van der Waals surface area contributed by atoms with Gasteiger partial charge < -0.3 is 4.90 Å². The second-order valence-corrected chi connectivity index (χ2v) is 8.38. The van der Waals surface area contributed by atoms with Crippen molar-refractivity contribution in [2.24, 2.45) is 5.92 Å². The first-order valence-corrected chi connectivity index (χ1v) is 9.98. The molecule has 3 aromatic rings. The highest BCUT2D eigenvalue weighted by Crippen LogP contribution is 2.28. The molecule has 0 N–H and O–H groups in total. The van der Waals surface area contributed by atoms with E-state index in [4.69, 9.17) is 4.98 Å². The van der Waals surface area contributed by atoms with Crippen molar-refractivity contribution in [3.63, 3.8) is 0 Å². The molecule has 0 bridgehead atoms. The predicted octanol–water partition coefficient (Wildman–Crippen LogP) is 3.33. The van der Waals surface area contributed by atoms with Crippen LogP contribution in [-0.2, 0) is 4.79 Å². The maximum atomic E-state index is 12.8. The third-order valence-corrected chi connectivity index (χ3v) is 6.01. The van der Waals surface area contributed by atoms with Crippen LogP contribution >= 0.6 is 11.8 Å². The minimum atomic E-state index is -0.204. The SMILES string of the molecule is Cc1nc2c3ccccc3nc(S[C@H](C)C(=O)N3CCC(C)CC3)n2n1. The van der Waals surface area contributed by atoms with Gasteiger partial charge in [0.05, 0.1) is 10.8 Å². The first-order valence-electron chi connectivity index (χ1n) is 9.10. The van der Waals surface area contributed by atoms with E-state index < -0.39 is 0 Å². The summed E-state index contributed by atoms with van der Waals surface area (Å²) in [5, 5.41) is 5.98. The molecule has 0 saturated carbocycles. The third-order valence-electron chi connectivity index (χ3n) is 4.98. The summed E-state index contributed by atoms with van der Waals surface area (Å²) in [5.41, 5.74) is 1.67. The minimum Gasteiger partial charge on any atom is -0.342 e. The standard InChI is InChI=1S/C19H23N5OS/c1-12-8-10-23(11-9-12)18(25)13(2)26-19-21-16-7-5-4-6-15(16)17-20-14(3)22-24(17)19/h4-7,12-13H,8-11H2,1-3H3/t13-/m1/s1. The van der Waals surface area contributed by atoms with Gasteiger partial charge in [-0.05, 0) is 44.7 Å². The average Bonchev–Trinajstić information content (AvgIpc) is 3.04. The number of carbonyl (C=O) groups is 1. The summed E-state index contributed by atoms with van der Waals surface area (Å²) < 4.78 is 1.77. The summed E-state index contributed by atoms with van der Waals surface area (Å²) >= 11 is 1.46. The van der Waals surface area contributed by atoms with E-state index in [9.17, 15) is 4.79 Å². The van der Waals surface area contributed by atoms with Crippen LogP contribution in [-0.4, -0.2) is 48.7 Å². The van der Waals surface area contributed by atoms with Crippen LogP contribution in [0.3, 0.4) is 0 Å². The van der Waals surface area contributed by atoms with E-state index in [-0.39, 0.29) is 11.2 Å². The summed E-state index contributed by atoms with van der Waals surface area (Å²) in [6.45, 7) is 7.79. The van der Waals surface area contributed by atoms with Gasteiger partial charge in [0.1, 0.15) is 5.82 Å². The molecule has 7 heteroatoms. The minimum absolute atomic E-state index is 0.182. The zero-order valence-corrected chi connectivity index (χ0v) is 16.2. The number of hydrogen-bond donors (Lipinski definition) is 0. The van der Waals surface area contributed by atoms with Crippen molar-refractivity contribution in [2.75, 3.05) is 13.1 Å². The number of rotatable bonds is 3. The molecule has 1 aromatic carbocycles. The molecule has 136 valence electrons. The molecular formula is C19H23N5OS. The fraction of sp³-hybridized carbons (Fsp3) is 0.474. The molecule has 0 radical (unpaired) electrons. The Morgan fingerprint density at radius 3 is 2.73 bits per heavy atom. The van der Waals surface area contributed by atoms with Crippen LogP contribution in [0, 0.1) is 12.8 Å². The first-order chi connectivity index (χ1) is 12.5. The highest BCUT2D eigenvalue weighted by atomic mass is 32.2. The Bertz CT molecular complexity index is 961. The van der Waals surface area contributed by atoms with Crippen molar-refractivity contribution in [3.05, 3.63) is 30.1 Å². The predicted molar refractivity (Wildman–Crippen MR) is 103 cm³/mol. The van der Waals surface area contributed by atoms with Crippen LogP contribution in [0.25, 0.3) is 16.6 Å². The van der Waals surface area contributed by atoms with Gasteiger partial charge in [-0.3, -0.25) is 4.79 Å². The number of hydrogen-bond acceptors (Lipinski definition) is 5. The zero-order valence-electron chi connectivity index (χ0n) is 15.3. The molecule has 1 fully saturated rings. The Balaban J connectivity index is 1.64. The maximum absolute atomic E-state index is 12.8. The summed E-state index contributed by atoms with van der Waals surface area (Å²) in [7, 11) is 0. The van der Waals surface area contributed by atoms with Crippen molar-refractivity contribution < 1.29 is 4.79 Å². The van der Waals surface area contributed by atoms with E-state index in [0.29, 0.717) is 16.9 Å². The van der Waals surface area contributed by atoms with E-state index in [1.54, 1.807) is 4.52 Å². The Labute approximate surface area is 157 Å². The highest BCUT2D eigenvalue weighted by molar-refractivity contribution is 8.00. The zero-order chi connectivity index (χ0) is 18.3. The number of nitrogens with zero attached hydrogens (tertiary/aromatic N) is 5. The van der Waals surface area contributed by atoms with Crippen LogP contribution in [0.15, 0.2) is 29.4 Å². The second-order valence-electron chi connectivity index (χ2n) is 7.07. The molecule has 1 saturated heterocycles. The van der Waals surface area contributed by atoms with Gasteiger partial charge in [0, 0.05) is 18.5 Å². The molecule has 6 nitrogen and oxygen atoms in total. The van der Waals surface area contributed by atoms with E-state index in [1.165, 1.54) is 11.8 Å². The third kappa shape index (κ3) is 3.16. The average molecular weight is 369 g/mol. The van der Waals surface area contributed by atoms with E-state index in [0.717, 1.165) is 42.5 Å². The van der Waals surface area contributed by atoms with E-state index in [1.807, 2.05) is 43.0 Å². The van der Waals surface area contributed by atoms with Gasteiger partial charge in [0.2, 0.25) is 5.91 Å². The molecule has 0 aliphatic carbocycles. The van der Waals surface area contributed by atoms with Crippen molar-refractivity contribution >= 4 is 34.2 Å². The van der Waals surface area contributed by atoms with Crippen molar-refractivity contribution in [1.82, 2.24) is 24.5 Å². The number of aryl methyl sites for hydroxylation is 1. The number of amides is 1. The summed E-state index contributed by atoms with van der Waals surface area (Å²) in [6, 6.07) is 7.92. The number of likely N-dealkylation sites (tertiary alicyclic amines) is 1. The summed E-state index contributed by atoms with van der Waals surface area (Å²) in [6.07, 6.45) is 2.17. The van der Waals surface area contributed by atoms with Gasteiger partial charge in [-0.25, -0.2) is 9.97 Å². The molecule has 2 aromatic heterocycles. The molecular weight excluding hydrogens is 346 g/mol. The Hall–Kier alpha value is -2.15. The second kappa shape index (κ2) is 6.87. The lowest BCUT2D eigenvalue weighted by molar-refractivity contribution is -0.131.